The van der Waals surface area contributed by atoms with Crippen LogP contribution in [0.25, 0.3) is 0 Å². The van der Waals surface area contributed by atoms with Crippen molar-refractivity contribution >= 4 is 32.9 Å². The Kier molecular flexibility index (Phi) is 4.73. The van der Waals surface area contributed by atoms with Crippen molar-refractivity contribution in [2.24, 2.45) is 10.9 Å². The molecule has 0 aliphatic carbocycles. The Bertz CT molecular complexity index is 445. The number of amidine groups is 1. The SMILES string of the molecule is CC(NC1=NCC(C(C)C)S1)c1cccc(Br)c1. The van der Waals surface area contributed by atoms with Gasteiger partial charge in [0.05, 0.1) is 12.6 Å². The van der Waals surface area contributed by atoms with Crippen molar-refractivity contribution in [1.82, 2.24) is 5.32 Å². The topological polar surface area (TPSA) is 24.4 Å². The third-order valence-corrected chi connectivity index (χ3v) is 5.07. The molecule has 0 saturated carbocycles. The van der Waals surface area contributed by atoms with Crippen LogP contribution in [0.15, 0.2) is 33.7 Å². The largest absolute Gasteiger partial charge is 0.358 e. The molecule has 1 aliphatic rings. The van der Waals surface area contributed by atoms with Crippen LogP contribution in [-0.4, -0.2) is 17.0 Å². The average Bonchev–Trinajstić information content (AvgIpc) is 2.77. The Morgan fingerprint density at radius 2 is 2.17 bits per heavy atom. The fourth-order valence-electron chi connectivity index (χ4n) is 1.86. The van der Waals surface area contributed by atoms with Gasteiger partial charge in [-0.05, 0) is 30.5 Å². The number of halogens is 1. The number of rotatable bonds is 3. The molecule has 18 heavy (non-hydrogen) atoms. The van der Waals surface area contributed by atoms with E-state index in [0.29, 0.717) is 17.2 Å². The molecule has 0 radical (unpaired) electrons. The predicted molar refractivity (Wildman–Crippen MR) is 84.2 cm³/mol. The minimum Gasteiger partial charge on any atom is -0.358 e. The molecule has 1 aromatic carbocycles. The maximum absolute atomic E-state index is 4.58. The third-order valence-electron chi connectivity index (χ3n) is 3.11. The van der Waals surface area contributed by atoms with Gasteiger partial charge in [-0.1, -0.05) is 53.7 Å². The first-order valence-electron chi connectivity index (χ1n) is 6.29. The number of thioether (sulfide) groups is 1. The molecule has 0 amide bonds. The number of hydrogen-bond donors (Lipinski definition) is 1. The molecule has 1 aliphatic heterocycles. The van der Waals surface area contributed by atoms with E-state index in [-0.39, 0.29) is 0 Å². The third kappa shape index (κ3) is 3.51. The molecule has 4 heteroatoms. The Labute approximate surface area is 122 Å². The maximum atomic E-state index is 4.58. The van der Waals surface area contributed by atoms with Gasteiger partial charge >= 0.3 is 0 Å². The number of nitrogens with zero attached hydrogens (tertiary/aromatic N) is 1. The van der Waals surface area contributed by atoms with Crippen LogP contribution < -0.4 is 5.32 Å². The lowest BCUT2D eigenvalue weighted by Crippen LogP contribution is -2.24. The van der Waals surface area contributed by atoms with E-state index >= 15 is 0 Å². The Balaban J connectivity index is 1.95. The Hall–Kier alpha value is -0.480. The summed E-state index contributed by atoms with van der Waals surface area (Å²) in [5.74, 6) is 0.680. The number of nitrogens with one attached hydrogen (secondary N) is 1. The summed E-state index contributed by atoms with van der Waals surface area (Å²) in [7, 11) is 0. The predicted octanol–water partition coefficient (Wildman–Crippen LogP) is 4.23. The molecule has 0 aromatic heterocycles. The van der Waals surface area contributed by atoms with Crippen molar-refractivity contribution in [3.05, 3.63) is 34.3 Å². The standard InChI is InChI=1S/C14H19BrN2S/c1-9(2)13-8-16-14(18-13)17-10(3)11-5-4-6-12(15)7-11/h4-7,9-10,13H,8H2,1-3H3,(H,16,17). The minimum absolute atomic E-state index is 0.291. The van der Waals surface area contributed by atoms with E-state index in [4.69, 9.17) is 0 Å². The highest BCUT2D eigenvalue weighted by Crippen LogP contribution is 2.27. The van der Waals surface area contributed by atoms with Crippen LogP contribution in [0.5, 0.6) is 0 Å². The first kappa shape index (κ1) is 13.9. The molecule has 2 rings (SSSR count). The molecule has 1 N–H and O–H groups in total. The van der Waals surface area contributed by atoms with Gasteiger partial charge in [-0.2, -0.15) is 0 Å². The van der Waals surface area contributed by atoms with Gasteiger partial charge in [0.25, 0.3) is 0 Å². The summed E-state index contributed by atoms with van der Waals surface area (Å²) in [4.78, 5) is 4.58. The average molecular weight is 327 g/mol. The van der Waals surface area contributed by atoms with Gasteiger partial charge < -0.3 is 5.32 Å². The van der Waals surface area contributed by atoms with E-state index in [1.54, 1.807) is 0 Å². The normalized spacial score (nSPS) is 20.9. The Morgan fingerprint density at radius 1 is 1.39 bits per heavy atom. The number of aliphatic imine (C=N–C) groups is 1. The van der Waals surface area contributed by atoms with E-state index in [1.165, 1.54) is 5.56 Å². The van der Waals surface area contributed by atoms with E-state index < -0.39 is 0 Å². The number of hydrogen-bond acceptors (Lipinski definition) is 3. The van der Waals surface area contributed by atoms with Crippen LogP contribution in [0.3, 0.4) is 0 Å². The lowest BCUT2D eigenvalue weighted by molar-refractivity contribution is 0.621. The van der Waals surface area contributed by atoms with Crippen molar-refractivity contribution in [1.29, 1.82) is 0 Å². The summed E-state index contributed by atoms with van der Waals surface area (Å²) in [6, 6.07) is 8.70. The molecule has 1 heterocycles. The zero-order chi connectivity index (χ0) is 13.1. The lowest BCUT2D eigenvalue weighted by atomic mass is 10.1. The molecule has 0 fully saturated rings. The van der Waals surface area contributed by atoms with Gasteiger partial charge in [0.2, 0.25) is 0 Å². The molecule has 2 atom stereocenters. The van der Waals surface area contributed by atoms with Gasteiger partial charge in [0.15, 0.2) is 5.17 Å². The van der Waals surface area contributed by atoms with Crippen LogP contribution in [0, 0.1) is 5.92 Å². The molecule has 0 bridgehead atoms. The van der Waals surface area contributed by atoms with Gasteiger partial charge in [-0.3, -0.25) is 4.99 Å². The van der Waals surface area contributed by atoms with Crippen LogP contribution in [0.1, 0.15) is 32.4 Å². The zero-order valence-electron chi connectivity index (χ0n) is 11.0. The molecule has 0 spiro atoms. The van der Waals surface area contributed by atoms with E-state index in [2.05, 4.69) is 65.2 Å². The fraction of sp³-hybridized carbons (Fsp3) is 0.500. The highest BCUT2D eigenvalue weighted by molar-refractivity contribution is 9.10. The van der Waals surface area contributed by atoms with Crippen molar-refractivity contribution in [3.8, 4) is 0 Å². The monoisotopic (exact) mass is 326 g/mol. The maximum Gasteiger partial charge on any atom is 0.157 e. The first-order valence-corrected chi connectivity index (χ1v) is 7.96. The van der Waals surface area contributed by atoms with Gasteiger partial charge in [-0.15, -0.1) is 0 Å². The summed E-state index contributed by atoms with van der Waals surface area (Å²) in [5.41, 5.74) is 1.28. The fourth-order valence-corrected chi connectivity index (χ4v) is 3.38. The quantitative estimate of drug-likeness (QED) is 0.898. The van der Waals surface area contributed by atoms with Crippen LogP contribution in [-0.2, 0) is 0 Å². The van der Waals surface area contributed by atoms with Crippen molar-refractivity contribution < 1.29 is 0 Å². The highest BCUT2D eigenvalue weighted by Gasteiger charge is 2.23. The molecule has 2 nitrogen and oxygen atoms in total. The summed E-state index contributed by atoms with van der Waals surface area (Å²) in [6.45, 7) is 7.63. The van der Waals surface area contributed by atoms with Gasteiger partial charge in [0.1, 0.15) is 0 Å². The van der Waals surface area contributed by atoms with E-state index in [1.807, 2.05) is 17.8 Å². The second-order valence-electron chi connectivity index (χ2n) is 4.97. The van der Waals surface area contributed by atoms with Gasteiger partial charge in [-0.25, -0.2) is 0 Å². The van der Waals surface area contributed by atoms with Crippen LogP contribution in [0.2, 0.25) is 0 Å². The van der Waals surface area contributed by atoms with Crippen LogP contribution in [0.4, 0.5) is 0 Å². The first-order chi connectivity index (χ1) is 8.56. The summed E-state index contributed by atoms with van der Waals surface area (Å²) in [5, 5.41) is 5.21. The molecular weight excluding hydrogens is 308 g/mol. The summed E-state index contributed by atoms with van der Waals surface area (Å²) in [6.07, 6.45) is 0. The summed E-state index contributed by atoms with van der Waals surface area (Å²) >= 11 is 5.38. The highest BCUT2D eigenvalue weighted by atomic mass is 79.9. The van der Waals surface area contributed by atoms with E-state index in [9.17, 15) is 0 Å². The van der Waals surface area contributed by atoms with E-state index in [0.717, 1.165) is 16.2 Å². The second-order valence-corrected chi connectivity index (χ2v) is 7.11. The smallest absolute Gasteiger partial charge is 0.157 e. The molecule has 0 saturated heterocycles. The molecule has 1 aromatic rings. The number of benzene rings is 1. The van der Waals surface area contributed by atoms with Crippen LogP contribution >= 0.6 is 27.7 Å². The molecule has 2 unspecified atom stereocenters. The lowest BCUT2D eigenvalue weighted by Gasteiger charge is -2.17. The van der Waals surface area contributed by atoms with Gasteiger partial charge in [0, 0.05) is 9.72 Å². The van der Waals surface area contributed by atoms with Crippen molar-refractivity contribution in [2.75, 3.05) is 6.54 Å². The second kappa shape index (κ2) is 6.11. The minimum atomic E-state index is 0.291. The Morgan fingerprint density at radius 3 is 2.78 bits per heavy atom. The van der Waals surface area contributed by atoms with Crippen molar-refractivity contribution in [2.45, 2.75) is 32.1 Å². The zero-order valence-corrected chi connectivity index (χ0v) is 13.4. The summed E-state index contributed by atoms with van der Waals surface area (Å²) < 4.78 is 1.12. The molecular formula is C14H19BrN2S. The molecule has 98 valence electrons. The van der Waals surface area contributed by atoms with Crippen molar-refractivity contribution in [3.63, 3.8) is 0 Å².